The zero-order valence-electron chi connectivity index (χ0n) is 14.8. The molecule has 0 N–H and O–H groups in total. The van der Waals surface area contributed by atoms with Crippen LogP contribution in [-0.2, 0) is 30.6 Å². The largest absolute Gasteiger partial charge is 0.340 e. The molecule has 3 nitrogen and oxygen atoms in total. The van der Waals surface area contributed by atoms with Gasteiger partial charge in [-0.2, -0.15) is 0 Å². The van der Waals surface area contributed by atoms with E-state index in [0.717, 1.165) is 38.3 Å². The number of hydrogen-bond donors (Lipinski definition) is 0. The number of aryl methyl sites for hydroxylation is 2. The van der Waals surface area contributed by atoms with Crippen LogP contribution in [0.2, 0.25) is 0 Å². The Bertz CT molecular complexity index is 733. The van der Waals surface area contributed by atoms with Gasteiger partial charge in [-0.1, -0.05) is 48.5 Å². The minimum atomic E-state index is 0.253. The van der Waals surface area contributed by atoms with Gasteiger partial charge in [-0.05, 0) is 41.5 Å². The van der Waals surface area contributed by atoms with Crippen LogP contribution in [0, 0.1) is 0 Å². The third-order valence-corrected chi connectivity index (χ3v) is 5.49. The molecule has 4 rings (SSSR count). The van der Waals surface area contributed by atoms with Crippen molar-refractivity contribution >= 4 is 5.91 Å². The minimum Gasteiger partial charge on any atom is -0.340 e. The summed E-state index contributed by atoms with van der Waals surface area (Å²) in [6.45, 7) is 4.64. The summed E-state index contributed by atoms with van der Waals surface area (Å²) in [5.41, 5.74) is 5.62. The van der Waals surface area contributed by atoms with Gasteiger partial charge in [-0.15, -0.1) is 0 Å². The third kappa shape index (κ3) is 3.93. The molecule has 1 aliphatic heterocycles. The fourth-order valence-electron chi connectivity index (χ4n) is 4.02. The van der Waals surface area contributed by atoms with Gasteiger partial charge in [-0.3, -0.25) is 9.69 Å². The monoisotopic (exact) mass is 334 g/mol. The Morgan fingerprint density at radius 1 is 0.840 bits per heavy atom. The molecule has 1 heterocycles. The highest BCUT2D eigenvalue weighted by Crippen LogP contribution is 2.23. The lowest BCUT2D eigenvalue weighted by Crippen LogP contribution is -2.48. The molecule has 2 aromatic carbocycles. The molecule has 1 aliphatic carbocycles. The van der Waals surface area contributed by atoms with Crippen LogP contribution in [-0.4, -0.2) is 41.9 Å². The van der Waals surface area contributed by atoms with Crippen LogP contribution in [0.5, 0.6) is 0 Å². The number of nitrogens with zero attached hydrogens (tertiary/aromatic N) is 2. The van der Waals surface area contributed by atoms with E-state index in [0.29, 0.717) is 6.42 Å². The van der Waals surface area contributed by atoms with Gasteiger partial charge in [0.05, 0.1) is 6.42 Å². The van der Waals surface area contributed by atoms with Gasteiger partial charge in [0, 0.05) is 32.7 Å². The molecule has 0 bridgehead atoms. The molecule has 3 heteroatoms. The van der Waals surface area contributed by atoms with E-state index in [-0.39, 0.29) is 5.91 Å². The van der Waals surface area contributed by atoms with Crippen LogP contribution in [0.4, 0.5) is 0 Å². The van der Waals surface area contributed by atoms with Gasteiger partial charge in [0.15, 0.2) is 0 Å². The number of amides is 1. The Hall–Kier alpha value is -2.13. The van der Waals surface area contributed by atoms with Crippen LogP contribution < -0.4 is 0 Å². The molecule has 1 saturated heterocycles. The quantitative estimate of drug-likeness (QED) is 0.858. The van der Waals surface area contributed by atoms with Crippen molar-refractivity contribution in [1.82, 2.24) is 9.80 Å². The lowest BCUT2D eigenvalue weighted by atomic mass is 10.1. The molecule has 0 unspecified atom stereocenters. The summed E-state index contributed by atoms with van der Waals surface area (Å²) >= 11 is 0. The van der Waals surface area contributed by atoms with Crippen molar-refractivity contribution < 1.29 is 4.79 Å². The number of carbonyl (C=O) groups is 1. The van der Waals surface area contributed by atoms with E-state index < -0.39 is 0 Å². The van der Waals surface area contributed by atoms with Crippen molar-refractivity contribution in [3.8, 4) is 0 Å². The average Bonchev–Trinajstić information content (AvgIpc) is 3.11. The highest BCUT2D eigenvalue weighted by atomic mass is 16.2. The van der Waals surface area contributed by atoms with E-state index in [1.165, 1.54) is 24.8 Å². The van der Waals surface area contributed by atoms with Crippen molar-refractivity contribution in [2.24, 2.45) is 0 Å². The van der Waals surface area contributed by atoms with E-state index >= 15 is 0 Å². The summed E-state index contributed by atoms with van der Waals surface area (Å²) in [4.78, 5) is 17.0. The molecule has 0 saturated carbocycles. The Kier molecular flexibility index (Phi) is 4.84. The molecule has 0 atom stereocenters. The van der Waals surface area contributed by atoms with Crippen LogP contribution in [0.1, 0.15) is 28.7 Å². The number of carbonyl (C=O) groups excluding carboxylic acids is 1. The molecule has 1 fully saturated rings. The van der Waals surface area contributed by atoms with Gasteiger partial charge in [0.25, 0.3) is 0 Å². The van der Waals surface area contributed by atoms with Gasteiger partial charge < -0.3 is 4.90 Å². The summed E-state index contributed by atoms with van der Waals surface area (Å²) in [5, 5.41) is 0. The predicted molar refractivity (Wildman–Crippen MR) is 100 cm³/mol. The van der Waals surface area contributed by atoms with Crippen molar-refractivity contribution in [1.29, 1.82) is 0 Å². The molecule has 2 aliphatic rings. The van der Waals surface area contributed by atoms with Crippen LogP contribution in [0.3, 0.4) is 0 Å². The van der Waals surface area contributed by atoms with Crippen molar-refractivity contribution in [2.45, 2.75) is 32.2 Å². The minimum absolute atomic E-state index is 0.253. The van der Waals surface area contributed by atoms with Crippen LogP contribution >= 0.6 is 0 Å². The van der Waals surface area contributed by atoms with Gasteiger partial charge in [-0.25, -0.2) is 0 Å². The number of rotatable bonds is 4. The van der Waals surface area contributed by atoms with Crippen molar-refractivity contribution in [3.63, 3.8) is 0 Å². The number of hydrogen-bond acceptors (Lipinski definition) is 2. The van der Waals surface area contributed by atoms with Crippen molar-refractivity contribution in [2.75, 3.05) is 26.2 Å². The second-order valence-corrected chi connectivity index (χ2v) is 7.28. The Morgan fingerprint density at radius 2 is 1.60 bits per heavy atom. The first kappa shape index (κ1) is 16.3. The topological polar surface area (TPSA) is 23.6 Å². The smallest absolute Gasteiger partial charge is 0.227 e. The van der Waals surface area contributed by atoms with Crippen molar-refractivity contribution in [3.05, 3.63) is 70.8 Å². The SMILES string of the molecule is O=C(Cc1ccccc1)N1CCN(Cc2ccc3c(c2)CCC3)CC1. The first-order valence-corrected chi connectivity index (χ1v) is 9.43. The fraction of sp³-hybridized carbons (Fsp3) is 0.409. The van der Waals surface area contributed by atoms with Gasteiger partial charge >= 0.3 is 0 Å². The zero-order chi connectivity index (χ0) is 17.1. The molecule has 0 aromatic heterocycles. The van der Waals surface area contributed by atoms with Gasteiger partial charge in [0.2, 0.25) is 5.91 Å². The van der Waals surface area contributed by atoms with Gasteiger partial charge in [0.1, 0.15) is 0 Å². The highest BCUT2D eigenvalue weighted by Gasteiger charge is 2.21. The molecular formula is C22H26N2O. The molecule has 25 heavy (non-hydrogen) atoms. The predicted octanol–water partition coefficient (Wildman–Crippen LogP) is 3.06. The average molecular weight is 334 g/mol. The Labute approximate surface area is 150 Å². The molecular weight excluding hydrogens is 308 g/mol. The van der Waals surface area contributed by atoms with E-state index in [4.69, 9.17) is 0 Å². The number of piperazine rings is 1. The van der Waals surface area contributed by atoms with E-state index in [1.807, 2.05) is 35.2 Å². The van der Waals surface area contributed by atoms with E-state index in [9.17, 15) is 4.79 Å². The summed E-state index contributed by atoms with van der Waals surface area (Å²) in [6, 6.07) is 17.0. The number of fused-ring (bicyclic) bond motifs is 1. The van der Waals surface area contributed by atoms with Crippen LogP contribution in [0.15, 0.2) is 48.5 Å². The standard InChI is InChI=1S/C22H26N2O/c25-22(16-18-5-2-1-3-6-18)24-13-11-23(12-14-24)17-19-9-10-20-7-4-8-21(20)15-19/h1-3,5-6,9-10,15H,4,7-8,11-14,16-17H2. The fourth-order valence-corrected chi connectivity index (χ4v) is 4.02. The third-order valence-electron chi connectivity index (χ3n) is 5.49. The lowest BCUT2D eigenvalue weighted by molar-refractivity contribution is -0.132. The maximum Gasteiger partial charge on any atom is 0.227 e. The summed E-state index contributed by atoms with van der Waals surface area (Å²) < 4.78 is 0. The van der Waals surface area contributed by atoms with Crippen LogP contribution in [0.25, 0.3) is 0 Å². The lowest BCUT2D eigenvalue weighted by Gasteiger charge is -2.35. The first-order chi connectivity index (χ1) is 12.3. The molecule has 0 spiro atoms. The summed E-state index contributed by atoms with van der Waals surface area (Å²) in [6.07, 6.45) is 4.31. The summed E-state index contributed by atoms with van der Waals surface area (Å²) in [5.74, 6) is 0.253. The molecule has 0 radical (unpaired) electrons. The zero-order valence-corrected chi connectivity index (χ0v) is 14.8. The second kappa shape index (κ2) is 7.40. The molecule has 2 aromatic rings. The normalized spacial score (nSPS) is 17.5. The first-order valence-electron chi connectivity index (χ1n) is 9.43. The second-order valence-electron chi connectivity index (χ2n) is 7.28. The highest BCUT2D eigenvalue weighted by molar-refractivity contribution is 5.78. The molecule has 130 valence electrons. The Morgan fingerprint density at radius 3 is 2.40 bits per heavy atom. The Balaban J connectivity index is 1.29. The molecule has 1 amide bonds. The maximum atomic E-state index is 12.5. The summed E-state index contributed by atoms with van der Waals surface area (Å²) in [7, 11) is 0. The van der Waals surface area contributed by atoms with E-state index in [1.54, 1.807) is 11.1 Å². The number of benzene rings is 2. The van der Waals surface area contributed by atoms with E-state index in [2.05, 4.69) is 23.1 Å². The maximum absolute atomic E-state index is 12.5.